The van der Waals surface area contributed by atoms with E-state index in [1.807, 2.05) is 18.2 Å². The van der Waals surface area contributed by atoms with Gasteiger partial charge in [-0.25, -0.2) is 4.68 Å². The number of aromatic nitrogens is 3. The first-order valence-corrected chi connectivity index (χ1v) is 11.7. The van der Waals surface area contributed by atoms with Crippen LogP contribution in [-0.4, -0.2) is 56.2 Å². The molecule has 182 valence electrons. The summed E-state index contributed by atoms with van der Waals surface area (Å²) >= 11 is 0. The van der Waals surface area contributed by atoms with Gasteiger partial charge in [0, 0.05) is 24.2 Å². The average molecular weight is 486 g/mol. The van der Waals surface area contributed by atoms with E-state index in [4.69, 9.17) is 4.74 Å². The van der Waals surface area contributed by atoms with Crippen molar-refractivity contribution in [1.29, 1.82) is 0 Å². The van der Waals surface area contributed by atoms with Crippen molar-refractivity contribution in [3.8, 4) is 5.69 Å². The summed E-state index contributed by atoms with van der Waals surface area (Å²) in [5.74, 6) is -1.40. The van der Waals surface area contributed by atoms with Crippen molar-refractivity contribution in [1.82, 2.24) is 25.2 Å². The number of hydrogen-bond acceptors (Lipinski definition) is 7. The molecular formula is C25H22N6O5. The molecule has 4 heterocycles. The minimum absolute atomic E-state index is 0.154. The number of piperidine rings is 1. The lowest BCUT2D eigenvalue weighted by Gasteiger charge is -2.29. The molecule has 2 N–H and O–H groups in total. The standard InChI is InChI=1S/C25H22N6O5/c32-22-7-6-21(24(34)27-22)30-11-15-10-16(4-5-18(15)25(30)35)31-12-20(28-29-31)23(33)26-19-3-1-2-14-13-36-9-8-17(14)19/h1-5,10,12,21H,6-9,11,13H2,(H,26,33)(H,27,32,34). The third-order valence-electron chi connectivity index (χ3n) is 6.77. The number of nitrogens with zero attached hydrogens (tertiary/aromatic N) is 4. The first-order valence-electron chi connectivity index (χ1n) is 11.7. The second-order valence-corrected chi connectivity index (χ2v) is 8.99. The van der Waals surface area contributed by atoms with Gasteiger partial charge in [0.15, 0.2) is 5.69 Å². The van der Waals surface area contributed by atoms with Crippen LogP contribution in [0.3, 0.4) is 0 Å². The number of carbonyl (C=O) groups excluding carboxylic acids is 4. The number of carbonyl (C=O) groups is 4. The summed E-state index contributed by atoms with van der Waals surface area (Å²) in [6, 6.07) is 10.2. The monoisotopic (exact) mass is 486 g/mol. The van der Waals surface area contributed by atoms with Gasteiger partial charge in [-0.15, -0.1) is 5.10 Å². The van der Waals surface area contributed by atoms with E-state index in [0.29, 0.717) is 30.9 Å². The van der Waals surface area contributed by atoms with Gasteiger partial charge in [-0.2, -0.15) is 0 Å². The Morgan fingerprint density at radius 3 is 2.86 bits per heavy atom. The smallest absolute Gasteiger partial charge is 0.277 e. The summed E-state index contributed by atoms with van der Waals surface area (Å²) in [6.45, 7) is 1.38. The number of ether oxygens (including phenoxy) is 1. The van der Waals surface area contributed by atoms with Gasteiger partial charge >= 0.3 is 0 Å². The van der Waals surface area contributed by atoms with E-state index in [9.17, 15) is 19.2 Å². The third kappa shape index (κ3) is 3.83. The van der Waals surface area contributed by atoms with E-state index in [1.54, 1.807) is 18.2 Å². The molecule has 1 aromatic heterocycles. The molecule has 3 aliphatic heterocycles. The molecule has 1 saturated heterocycles. The molecule has 6 rings (SSSR count). The lowest BCUT2D eigenvalue weighted by atomic mass is 10.0. The lowest BCUT2D eigenvalue weighted by molar-refractivity contribution is -0.136. The van der Waals surface area contributed by atoms with Crippen LogP contribution >= 0.6 is 0 Å². The van der Waals surface area contributed by atoms with E-state index in [0.717, 1.165) is 28.8 Å². The predicted molar refractivity (Wildman–Crippen MR) is 125 cm³/mol. The van der Waals surface area contributed by atoms with Gasteiger partial charge in [0.25, 0.3) is 11.8 Å². The van der Waals surface area contributed by atoms with Gasteiger partial charge in [-0.1, -0.05) is 17.3 Å². The SMILES string of the molecule is O=C1CCC(N2Cc3cc(-n4cc(C(=O)Nc5cccc6c5CCOC6)nn4)ccc3C2=O)C(=O)N1. The molecule has 0 spiro atoms. The molecule has 1 atom stereocenters. The zero-order chi connectivity index (χ0) is 24.8. The van der Waals surface area contributed by atoms with E-state index in [1.165, 1.54) is 15.8 Å². The Bertz CT molecular complexity index is 1430. The third-order valence-corrected chi connectivity index (χ3v) is 6.77. The largest absolute Gasteiger partial charge is 0.376 e. The van der Waals surface area contributed by atoms with Crippen LogP contribution in [0.15, 0.2) is 42.6 Å². The summed E-state index contributed by atoms with van der Waals surface area (Å²) in [7, 11) is 0. The van der Waals surface area contributed by atoms with Crippen LogP contribution in [0.2, 0.25) is 0 Å². The molecule has 1 fully saturated rings. The number of benzene rings is 2. The summed E-state index contributed by atoms with van der Waals surface area (Å²) in [5, 5.41) is 13.3. The maximum Gasteiger partial charge on any atom is 0.277 e. The normalized spacial score (nSPS) is 19.1. The number of nitrogens with one attached hydrogen (secondary N) is 2. The highest BCUT2D eigenvalue weighted by atomic mass is 16.5. The number of amides is 4. The Balaban J connectivity index is 1.19. The fraction of sp³-hybridized carbons (Fsp3) is 0.280. The molecule has 11 nitrogen and oxygen atoms in total. The molecule has 3 aliphatic rings. The molecule has 0 bridgehead atoms. The molecule has 4 amide bonds. The molecule has 2 aromatic carbocycles. The first kappa shape index (κ1) is 22.1. The molecule has 0 aliphatic carbocycles. The maximum absolute atomic E-state index is 12.9. The van der Waals surface area contributed by atoms with Crippen LogP contribution in [0, 0.1) is 0 Å². The minimum Gasteiger partial charge on any atom is -0.376 e. The number of fused-ring (bicyclic) bond motifs is 2. The van der Waals surface area contributed by atoms with E-state index in [2.05, 4.69) is 20.9 Å². The summed E-state index contributed by atoms with van der Waals surface area (Å²) in [4.78, 5) is 51.0. The molecule has 1 unspecified atom stereocenters. The Hall–Kier alpha value is -4.38. The highest BCUT2D eigenvalue weighted by molar-refractivity contribution is 6.05. The Morgan fingerprint density at radius 1 is 1.11 bits per heavy atom. The number of rotatable bonds is 4. The lowest BCUT2D eigenvalue weighted by Crippen LogP contribution is -2.52. The maximum atomic E-state index is 12.9. The second-order valence-electron chi connectivity index (χ2n) is 8.99. The van der Waals surface area contributed by atoms with Crippen LogP contribution < -0.4 is 10.6 Å². The van der Waals surface area contributed by atoms with Crippen LogP contribution in [-0.2, 0) is 33.9 Å². The topological polar surface area (TPSA) is 136 Å². The quantitative estimate of drug-likeness (QED) is 0.532. The molecular weight excluding hydrogens is 464 g/mol. The summed E-state index contributed by atoms with van der Waals surface area (Å²) in [5.41, 5.74) is 4.88. The fourth-order valence-corrected chi connectivity index (χ4v) is 4.92. The van der Waals surface area contributed by atoms with Crippen LogP contribution in [0.5, 0.6) is 0 Å². The van der Waals surface area contributed by atoms with Crippen LogP contribution in [0.4, 0.5) is 5.69 Å². The molecule has 3 aromatic rings. The zero-order valence-corrected chi connectivity index (χ0v) is 19.2. The van der Waals surface area contributed by atoms with Gasteiger partial charge in [-0.3, -0.25) is 24.5 Å². The molecule has 0 radical (unpaired) electrons. The number of hydrogen-bond donors (Lipinski definition) is 2. The van der Waals surface area contributed by atoms with Gasteiger partial charge in [0.05, 0.1) is 25.1 Å². The molecule has 0 saturated carbocycles. The highest BCUT2D eigenvalue weighted by Gasteiger charge is 2.39. The fourth-order valence-electron chi connectivity index (χ4n) is 4.92. The average Bonchev–Trinajstić information content (AvgIpc) is 3.50. The van der Waals surface area contributed by atoms with Gasteiger partial charge in [0.2, 0.25) is 11.8 Å². The molecule has 36 heavy (non-hydrogen) atoms. The Morgan fingerprint density at radius 2 is 2.00 bits per heavy atom. The second kappa shape index (κ2) is 8.68. The van der Waals surface area contributed by atoms with Crippen molar-refractivity contribution in [2.24, 2.45) is 0 Å². The van der Waals surface area contributed by atoms with Crippen molar-refractivity contribution in [2.75, 3.05) is 11.9 Å². The summed E-state index contributed by atoms with van der Waals surface area (Å²) in [6.07, 6.45) is 2.76. The van der Waals surface area contributed by atoms with Crippen molar-refractivity contribution < 1.29 is 23.9 Å². The van der Waals surface area contributed by atoms with E-state index < -0.39 is 11.9 Å². The Labute approximate surface area is 205 Å². The zero-order valence-electron chi connectivity index (χ0n) is 19.2. The first-order chi connectivity index (χ1) is 17.5. The van der Waals surface area contributed by atoms with Crippen molar-refractivity contribution >= 4 is 29.3 Å². The Kier molecular flexibility index (Phi) is 5.33. The van der Waals surface area contributed by atoms with Gasteiger partial charge in [0.1, 0.15) is 6.04 Å². The van der Waals surface area contributed by atoms with Gasteiger partial charge < -0.3 is 15.0 Å². The van der Waals surface area contributed by atoms with Crippen molar-refractivity contribution in [3.05, 3.63) is 70.5 Å². The summed E-state index contributed by atoms with van der Waals surface area (Å²) < 4.78 is 6.96. The van der Waals surface area contributed by atoms with Gasteiger partial charge in [-0.05, 0) is 53.8 Å². The highest BCUT2D eigenvalue weighted by Crippen LogP contribution is 2.29. The number of anilines is 1. The van der Waals surface area contributed by atoms with Crippen LogP contribution in [0.1, 0.15) is 50.4 Å². The van der Waals surface area contributed by atoms with E-state index in [-0.39, 0.29) is 36.4 Å². The van der Waals surface area contributed by atoms with E-state index >= 15 is 0 Å². The van der Waals surface area contributed by atoms with Crippen LogP contribution in [0.25, 0.3) is 5.69 Å². The number of imide groups is 1. The van der Waals surface area contributed by atoms with Crippen molar-refractivity contribution in [2.45, 2.75) is 38.5 Å². The predicted octanol–water partition coefficient (Wildman–Crippen LogP) is 1.35. The van der Waals surface area contributed by atoms with Crippen molar-refractivity contribution in [3.63, 3.8) is 0 Å². The molecule has 11 heteroatoms. The minimum atomic E-state index is -0.678.